The third-order valence-electron chi connectivity index (χ3n) is 6.64. The Morgan fingerprint density at radius 1 is 1.32 bits per heavy atom. The van der Waals surface area contributed by atoms with E-state index in [9.17, 15) is 9.59 Å². The smallest absolute Gasteiger partial charge is 0.254 e. The van der Waals surface area contributed by atoms with E-state index in [4.69, 9.17) is 16.6 Å². The SMILES string of the molecule is Cc1ccc(C(=O)N2CCCC3(CCc4c3nc(C3CC3)[nH]c4=O)C2)cc1Cl. The number of fused-ring (bicyclic) bond motifs is 2. The summed E-state index contributed by atoms with van der Waals surface area (Å²) in [6, 6.07) is 5.50. The van der Waals surface area contributed by atoms with Crippen LogP contribution in [0.5, 0.6) is 0 Å². The number of aryl methyl sites for hydroxylation is 1. The summed E-state index contributed by atoms with van der Waals surface area (Å²) < 4.78 is 0. The van der Waals surface area contributed by atoms with Crippen molar-refractivity contribution in [1.29, 1.82) is 0 Å². The molecule has 1 aliphatic heterocycles. The molecule has 5 rings (SSSR count). The van der Waals surface area contributed by atoms with Crippen LogP contribution in [-0.2, 0) is 11.8 Å². The van der Waals surface area contributed by atoms with Crippen LogP contribution in [0.2, 0.25) is 5.02 Å². The number of H-pyrrole nitrogens is 1. The van der Waals surface area contributed by atoms with E-state index in [1.54, 1.807) is 6.07 Å². The molecule has 1 saturated heterocycles. The second-order valence-corrected chi connectivity index (χ2v) is 9.03. The number of nitrogens with one attached hydrogen (secondary N) is 1. The summed E-state index contributed by atoms with van der Waals surface area (Å²) in [5.74, 6) is 1.27. The van der Waals surface area contributed by atoms with Crippen molar-refractivity contribution in [2.45, 2.75) is 56.8 Å². The molecule has 3 aliphatic rings. The van der Waals surface area contributed by atoms with Gasteiger partial charge in [0.25, 0.3) is 11.5 Å². The first-order valence-corrected chi connectivity index (χ1v) is 10.5. The van der Waals surface area contributed by atoms with Gasteiger partial charge in [-0.3, -0.25) is 9.59 Å². The fraction of sp³-hybridized carbons (Fsp3) is 0.500. The van der Waals surface area contributed by atoms with E-state index in [1.165, 1.54) is 0 Å². The summed E-state index contributed by atoms with van der Waals surface area (Å²) in [5, 5.41) is 0.617. The lowest BCUT2D eigenvalue weighted by molar-refractivity contribution is 0.0633. The maximum Gasteiger partial charge on any atom is 0.254 e. The van der Waals surface area contributed by atoms with Crippen molar-refractivity contribution in [2.24, 2.45) is 0 Å². The Morgan fingerprint density at radius 3 is 2.89 bits per heavy atom. The quantitative estimate of drug-likeness (QED) is 0.839. The van der Waals surface area contributed by atoms with Crippen molar-refractivity contribution in [2.75, 3.05) is 13.1 Å². The number of halogens is 1. The number of carbonyl (C=O) groups is 1. The van der Waals surface area contributed by atoms with Gasteiger partial charge in [-0.1, -0.05) is 17.7 Å². The lowest BCUT2D eigenvalue weighted by Crippen LogP contribution is -2.48. The van der Waals surface area contributed by atoms with E-state index in [1.807, 2.05) is 24.0 Å². The molecule has 1 saturated carbocycles. The predicted octanol–water partition coefficient (Wildman–Crippen LogP) is 3.73. The third kappa shape index (κ3) is 2.87. The Balaban J connectivity index is 1.47. The van der Waals surface area contributed by atoms with Crippen LogP contribution in [0.1, 0.15) is 71.0 Å². The molecule has 1 aromatic heterocycles. The number of amides is 1. The molecule has 1 amide bonds. The summed E-state index contributed by atoms with van der Waals surface area (Å²) >= 11 is 6.24. The zero-order chi connectivity index (χ0) is 19.5. The van der Waals surface area contributed by atoms with E-state index in [0.29, 0.717) is 23.0 Å². The van der Waals surface area contributed by atoms with Crippen molar-refractivity contribution in [3.05, 3.63) is 61.8 Å². The lowest BCUT2D eigenvalue weighted by Gasteiger charge is -2.40. The topological polar surface area (TPSA) is 66.1 Å². The number of carbonyl (C=O) groups excluding carboxylic acids is 1. The standard InChI is InChI=1S/C22H24ClN3O2/c1-13-3-4-15(11-17(13)23)21(28)26-10-2-8-22(12-26)9-7-16-18(22)24-19(14-5-6-14)25-20(16)27/h3-4,11,14H,2,5-10,12H2,1H3,(H,24,25,27). The van der Waals surface area contributed by atoms with Crippen LogP contribution in [0.3, 0.4) is 0 Å². The molecular weight excluding hydrogens is 374 g/mol. The highest BCUT2D eigenvalue weighted by Gasteiger charge is 2.46. The largest absolute Gasteiger partial charge is 0.338 e. The first-order chi connectivity index (χ1) is 13.5. The monoisotopic (exact) mass is 397 g/mol. The number of piperidine rings is 1. The molecule has 2 aliphatic carbocycles. The van der Waals surface area contributed by atoms with Crippen molar-refractivity contribution < 1.29 is 4.79 Å². The summed E-state index contributed by atoms with van der Waals surface area (Å²) in [7, 11) is 0. The number of aromatic amines is 1. The van der Waals surface area contributed by atoms with Crippen molar-refractivity contribution >= 4 is 17.5 Å². The van der Waals surface area contributed by atoms with Crippen molar-refractivity contribution in [3.8, 4) is 0 Å². The maximum atomic E-state index is 13.1. The average Bonchev–Trinajstić information content (AvgIpc) is 3.48. The van der Waals surface area contributed by atoms with Crippen molar-refractivity contribution in [1.82, 2.24) is 14.9 Å². The van der Waals surface area contributed by atoms with Crippen LogP contribution in [0.15, 0.2) is 23.0 Å². The van der Waals surface area contributed by atoms with E-state index >= 15 is 0 Å². The Kier molecular flexibility index (Phi) is 4.13. The minimum absolute atomic E-state index is 0.0154. The normalized spacial score (nSPS) is 23.9. The van der Waals surface area contributed by atoms with Gasteiger partial charge in [0.2, 0.25) is 0 Å². The van der Waals surface area contributed by atoms with Crippen molar-refractivity contribution in [3.63, 3.8) is 0 Å². The molecule has 2 aromatic rings. The fourth-order valence-corrected chi connectivity index (χ4v) is 5.01. The second kappa shape index (κ2) is 6.45. The van der Waals surface area contributed by atoms with Gasteiger partial charge in [-0.05, 0) is 63.1 Å². The van der Waals surface area contributed by atoms with Crippen LogP contribution >= 0.6 is 11.6 Å². The molecule has 1 unspecified atom stereocenters. The van der Waals surface area contributed by atoms with Gasteiger partial charge in [0, 0.05) is 40.6 Å². The first kappa shape index (κ1) is 17.9. The van der Waals surface area contributed by atoms with Gasteiger partial charge in [0.05, 0.1) is 5.69 Å². The van der Waals surface area contributed by atoms with Crippen LogP contribution < -0.4 is 5.56 Å². The second-order valence-electron chi connectivity index (χ2n) is 8.63. The van der Waals surface area contributed by atoms with Crippen LogP contribution in [0.25, 0.3) is 0 Å². The Labute approximate surface area is 169 Å². The molecular formula is C22H24ClN3O2. The number of rotatable bonds is 2. The summed E-state index contributed by atoms with van der Waals surface area (Å²) in [6.45, 7) is 3.30. The average molecular weight is 398 g/mol. The van der Waals surface area contributed by atoms with Crippen LogP contribution in [0, 0.1) is 6.92 Å². The molecule has 0 bridgehead atoms. The molecule has 1 spiro atoms. The number of hydrogen-bond acceptors (Lipinski definition) is 3. The van der Waals surface area contributed by atoms with E-state index < -0.39 is 0 Å². The zero-order valence-corrected chi connectivity index (χ0v) is 16.8. The maximum absolute atomic E-state index is 13.1. The highest BCUT2D eigenvalue weighted by molar-refractivity contribution is 6.31. The molecule has 1 N–H and O–H groups in total. The number of aromatic nitrogens is 2. The highest BCUT2D eigenvalue weighted by Crippen LogP contribution is 2.45. The van der Waals surface area contributed by atoms with Crippen LogP contribution in [0.4, 0.5) is 0 Å². The first-order valence-electron chi connectivity index (χ1n) is 10.2. The summed E-state index contributed by atoms with van der Waals surface area (Å²) in [6.07, 6.45) is 5.77. The van der Waals surface area contributed by atoms with Gasteiger partial charge in [-0.2, -0.15) is 0 Å². The van der Waals surface area contributed by atoms with Gasteiger partial charge in [0.1, 0.15) is 5.82 Å². The predicted molar refractivity (Wildman–Crippen MR) is 108 cm³/mol. The molecule has 146 valence electrons. The molecule has 6 heteroatoms. The number of nitrogens with zero attached hydrogens (tertiary/aromatic N) is 2. The summed E-state index contributed by atoms with van der Waals surface area (Å²) in [4.78, 5) is 35.6. The number of hydrogen-bond donors (Lipinski definition) is 1. The number of benzene rings is 1. The third-order valence-corrected chi connectivity index (χ3v) is 7.04. The van der Waals surface area contributed by atoms with E-state index in [0.717, 1.165) is 67.7 Å². The fourth-order valence-electron chi connectivity index (χ4n) is 4.83. The molecule has 2 fully saturated rings. The molecule has 1 atom stereocenters. The molecule has 0 radical (unpaired) electrons. The Hall–Kier alpha value is -2.14. The van der Waals surface area contributed by atoms with Gasteiger partial charge in [0.15, 0.2) is 0 Å². The van der Waals surface area contributed by atoms with E-state index in [2.05, 4.69) is 4.98 Å². The van der Waals surface area contributed by atoms with Gasteiger partial charge >= 0.3 is 0 Å². The zero-order valence-electron chi connectivity index (χ0n) is 16.1. The lowest BCUT2D eigenvalue weighted by atomic mass is 9.77. The van der Waals surface area contributed by atoms with Gasteiger partial charge in [-0.25, -0.2) is 4.98 Å². The molecule has 5 nitrogen and oxygen atoms in total. The molecule has 1 aromatic carbocycles. The molecule has 28 heavy (non-hydrogen) atoms. The Bertz CT molecular complexity index is 1030. The number of likely N-dealkylation sites (tertiary alicyclic amines) is 1. The van der Waals surface area contributed by atoms with Gasteiger partial charge in [-0.15, -0.1) is 0 Å². The molecule has 2 heterocycles. The van der Waals surface area contributed by atoms with Gasteiger partial charge < -0.3 is 9.88 Å². The minimum Gasteiger partial charge on any atom is -0.338 e. The summed E-state index contributed by atoms with van der Waals surface area (Å²) in [5.41, 5.74) is 3.22. The minimum atomic E-state index is -0.185. The van der Waals surface area contributed by atoms with E-state index in [-0.39, 0.29) is 16.9 Å². The highest BCUT2D eigenvalue weighted by atomic mass is 35.5. The Morgan fingerprint density at radius 2 is 2.14 bits per heavy atom. The van der Waals surface area contributed by atoms with Crippen LogP contribution in [-0.4, -0.2) is 33.9 Å².